The van der Waals surface area contributed by atoms with Gasteiger partial charge in [0.15, 0.2) is 11.2 Å². The zero-order chi connectivity index (χ0) is 29.5. The third-order valence-electron chi connectivity index (χ3n) is 7.64. The van der Waals surface area contributed by atoms with Crippen molar-refractivity contribution in [1.29, 1.82) is 0 Å². The van der Waals surface area contributed by atoms with Crippen molar-refractivity contribution in [2.24, 2.45) is 21.7 Å². The molecule has 1 aromatic heterocycles. The number of phenols is 1. The van der Waals surface area contributed by atoms with Crippen LogP contribution >= 0.6 is 0 Å². The average Bonchev–Trinajstić information content (AvgIpc) is 3.40. The van der Waals surface area contributed by atoms with Crippen molar-refractivity contribution < 1.29 is 20.1 Å². The molecule has 0 bridgehead atoms. The lowest BCUT2D eigenvalue weighted by molar-refractivity contribution is 0.362. The second-order valence-electron chi connectivity index (χ2n) is 9.71. The number of aryl methyl sites for hydroxylation is 1. The Morgan fingerprint density at radius 3 is 2.24 bits per heavy atom. The summed E-state index contributed by atoms with van der Waals surface area (Å²) in [5.41, 5.74) is 3.97. The second kappa shape index (κ2) is 8.35. The highest BCUT2D eigenvalue weighted by Crippen LogP contribution is 2.54. The number of fused-ring (bicyclic) bond motifs is 4. The van der Waals surface area contributed by atoms with E-state index in [1.807, 2.05) is 0 Å². The van der Waals surface area contributed by atoms with E-state index in [1.54, 1.807) is 6.07 Å². The van der Waals surface area contributed by atoms with Gasteiger partial charge in [-0.3, -0.25) is 24.0 Å². The summed E-state index contributed by atoms with van der Waals surface area (Å²) >= 11 is 0. The number of pyridine rings is 1. The summed E-state index contributed by atoms with van der Waals surface area (Å²) in [7, 11) is 1.11. The van der Waals surface area contributed by atoms with Crippen molar-refractivity contribution in [3.8, 4) is 11.5 Å². The van der Waals surface area contributed by atoms with Crippen molar-refractivity contribution >= 4 is 34.5 Å². The Morgan fingerprint density at radius 2 is 1.61 bits per heavy atom. The fourth-order valence-corrected chi connectivity index (χ4v) is 6.00. The molecule has 2 aromatic rings. The maximum Gasteiger partial charge on any atom is 0.260 e. The zero-order valence-electron chi connectivity index (χ0n) is 21.1. The van der Waals surface area contributed by atoms with E-state index in [0.717, 1.165) is 13.2 Å². The molecule has 14 heteroatoms. The summed E-state index contributed by atoms with van der Waals surface area (Å²) in [6.45, 7) is 0. The SMILES string of the molecule is COc1cc(=O)c2c(=O)c3c(c(=O)c=2c1=O)=C(O)C1(CCc2cc4cc(/C=N/N=C(N)N)[nH]c(=O)c4c(O)c21)C=3O. The van der Waals surface area contributed by atoms with Crippen LogP contribution in [0.3, 0.4) is 0 Å². The average molecular weight is 557 g/mol. The van der Waals surface area contributed by atoms with Crippen LogP contribution in [0.1, 0.15) is 23.2 Å². The number of aromatic nitrogens is 1. The Hall–Kier alpha value is -5.79. The molecule has 1 unspecified atom stereocenters. The molecule has 41 heavy (non-hydrogen) atoms. The lowest BCUT2D eigenvalue weighted by Crippen LogP contribution is -2.51. The Morgan fingerprint density at radius 1 is 0.951 bits per heavy atom. The number of aromatic amines is 1. The van der Waals surface area contributed by atoms with Crippen LogP contribution in [0.5, 0.6) is 11.5 Å². The minimum Gasteiger partial charge on any atom is -0.510 e. The van der Waals surface area contributed by atoms with E-state index < -0.39 is 76.6 Å². The third kappa shape index (κ3) is 3.15. The number of H-pyrrole nitrogens is 1. The van der Waals surface area contributed by atoms with Crippen molar-refractivity contribution in [1.82, 2.24) is 4.98 Å². The Bertz CT molecular complexity index is 2420. The molecule has 0 radical (unpaired) electrons. The van der Waals surface area contributed by atoms with Crippen molar-refractivity contribution in [2.45, 2.75) is 18.3 Å². The lowest BCUT2D eigenvalue weighted by atomic mass is 9.78. The molecule has 0 fully saturated rings. The van der Waals surface area contributed by atoms with Gasteiger partial charge >= 0.3 is 0 Å². The van der Waals surface area contributed by atoms with Gasteiger partial charge in [0, 0.05) is 11.6 Å². The normalized spacial score (nSPS) is 17.6. The molecular formula is C27H19N5O9. The number of nitrogens with one attached hydrogen (secondary N) is 1. The monoisotopic (exact) mass is 557 g/mol. The van der Waals surface area contributed by atoms with Gasteiger partial charge in [-0.05, 0) is 29.9 Å². The van der Waals surface area contributed by atoms with Gasteiger partial charge in [0.25, 0.3) is 5.56 Å². The number of nitrogens with zero attached hydrogens (tertiary/aromatic N) is 2. The first-order chi connectivity index (χ1) is 19.4. The van der Waals surface area contributed by atoms with Gasteiger partial charge in [-0.15, -0.1) is 5.10 Å². The van der Waals surface area contributed by atoms with E-state index in [1.165, 1.54) is 12.3 Å². The number of guanidine groups is 1. The first-order valence-electron chi connectivity index (χ1n) is 12.0. The number of aliphatic hydroxyl groups excluding tert-OH is 2. The van der Waals surface area contributed by atoms with Gasteiger partial charge in [0.2, 0.25) is 22.2 Å². The summed E-state index contributed by atoms with van der Waals surface area (Å²) in [5, 5.41) is 38.7. The second-order valence-corrected chi connectivity index (χ2v) is 9.71. The molecule has 14 nitrogen and oxygen atoms in total. The molecule has 0 amide bonds. The third-order valence-corrected chi connectivity index (χ3v) is 7.64. The van der Waals surface area contributed by atoms with Gasteiger partial charge in [-0.1, -0.05) is 6.07 Å². The number of aromatic hydroxyl groups is 1. The summed E-state index contributed by atoms with van der Waals surface area (Å²) in [6, 6.07) is 3.81. The molecule has 206 valence electrons. The number of rotatable bonds is 3. The van der Waals surface area contributed by atoms with E-state index in [-0.39, 0.29) is 40.8 Å². The van der Waals surface area contributed by atoms with Crippen LogP contribution in [0.2, 0.25) is 0 Å². The molecule has 0 saturated heterocycles. The van der Waals surface area contributed by atoms with Crippen molar-refractivity contribution in [3.05, 3.63) is 107 Å². The quantitative estimate of drug-likeness (QED) is 0.0848. The molecular weight excluding hydrogens is 538 g/mol. The first-order valence-corrected chi connectivity index (χ1v) is 12.0. The summed E-state index contributed by atoms with van der Waals surface area (Å²) in [4.78, 5) is 68.2. The predicted octanol–water partition coefficient (Wildman–Crippen LogP) is -2.88. The van der Waals surface area contributed by atoms with E-state index in [2.05, 4.69) is 15.2 Å². The highest BCUT2D eigenvalue weighted by molar-refractivity contribution is 5.96. The molecule has 1 aromatic carbocycles. The number of phenolic OH excluding ortho intramolecular Hbond substituents is 1. The van der Waals surface area contributed by atoms with Gasteiger partial charge in [-0.2, -0.15) is 5.10 Å². The Kier molecular flexibility index (Phi) is 5.19. The van der Waals surface area contributed by atoms with Crippen LogP contribution in [-0.4, -0.2) is 39.6 Å². The number of methoxy groups -OCH3 is 1. The number of nitrogens with two attached hydrogens (primary N) is 2. The first kappa shape index (κ1) is 25.5. The number of hydrogen-bond acceptors (Lipinski definition) is 11. The number of benzene rings is 1. The van der Waals surface area contributed by atoms with E-state index in [4.69, 9.17) is 16.2 Å². The van der Waals surface area contributed by atoms with Crippen LogP contribution in [0.25, 0.3) is 22.3 Å². The molecule has 1 atom stereocenters. The van der Waals surface area contributed by atoms with E-state index in [9.17, 15) is 39.3 Å². The summed E-state index contributed by atoms with van der Waals surface area (Å²) < 4.78 is 4.88. The Balaban J connectivity index is 1.72. The number of aliphatic hydroxyl groups is 2. The topological polar surface area (TPSA) is 248 Å². The number of hydrogen-bond donors (Lipinski definition) is 6. The van der Waals surface area contributed by atoms with Crippen molar-refractivity contribution in [2.75, 3.05) is 7.11 Å². The highest BCUT2D eigenvalue weighted by atomic mass is 16.5. The molecule has 6 rings (SSSR count). The smallest absolute Gasteiger partial charge is 0.260 e. The molecule has 0 saturated carbocycles. The maximum absolute atomic E-state index is 13.5. The number of ether oxygens (including phenoxy) is 1. The largest absolute Gasteiger partial charge is 0.510 e. The van der Waals surface area contributed by atoms with E-state index in [0.29, 0.717) is 5.56 Å². The van der Waals surface area contributed by atoms with Crippen LogP contribution < -0.4 is 53.9 Å². The van der Waals surface area contributed by atoms with Gasteiger partial charge in [0.05, 0.1) is 45.3 Å². The molecule has 4 aliphatic rings. The van der Waals surface area contributed by atoms with Gasteiger partial charge in [-0.25, -0.2) is 0 Å². The van der Waals surface area contributed by atoms with E-state index >= 15 is 0 Å². The van der Waals surface area contributed by atoms with Crippen LogP contribution in [0.4, 0.5) is 0 Å². The van der Waals surface area contributed by atoms with Crippen LogP contribution in [0.15, 0.2) is 52.4 Å². The van der Waals surface area contributed by atoms with Crippen molar-refractivity contribution in [3.63, 3.8) is 0 Å². The zero-order valence-corrected chi connectivity index (χ0v) is 21.1. The minimum absolute atomic E-state index is 0.0891. The highest BCUT2D eigenvalue weighted by Gasteiger charge is 2.53. The fraction of sp³-hybridized carbons (Fsp3) is 0.148. The van der Waals surface area contributed by atoms with Gasteiger partial charge in [0.1, 0.15) is 22.7 Å². The van der Waals surface area contributed by atoms with Crippen LogP contribution in [0, 0.1) is 10.4 Å². The minimum atomic E-state index is -1.98. The predicted molar refractivity (Wildman–Crippen MR) is 147 cm³/mol. The summed E-state index contributed by atoms with van der Waals surface area (Å²) in [6.07, 6.45) is 1.21. The lowest BCUT2D eigenvalue weighted by Gasteiger charge is -2.27. The maximum atomic E-state index is 13.5. The molecule has 4 aliphatic carbocycles. The molecule has 8 N–H and O–H groups in total. The molecule has 1 spiro atoms. The Labute approximate surface area is 225 Å². The van der Waals surface area contributed by atoms with Crippen LogP contribution in [-0.2, 0) is 11.8 Å². The summed E-state index contributed by atoms with van der Waals surface area (Å²) in [5.74, 6) is -2.93. The van der Waals surface area contributed by atoms with Gasteiger partial charge < -0.3 is 36.5 Å². The molecule has 0 aliphatic heterocycles. The fourth-order valence-electron chi connectivity index (χ4n) is 6.00. The molecule has 1 heterocycles. The standard InChI is InChI=1S/C27H19N5O9/c1-41-12-6-11(33)14-15(19(12)34)21(36)17-16(20(14)35)23(38)27(24(17)39)3-2-8-4-9-5-10(7-30-32-26(28)29)31-25(40)13(9)22(37)18(8)27/h4-7,37-39H,2-3H2,1H3,(H,31,40)(H4,28,29,32)/b30-7+.